The minimum absolute atomic E-state index is 0.0509. The average Bonchev–Trinajstić information content (AvgIpc) is 2.58. The number of rotatable bonds is 0. The van der Waals surface area contributed by atoms with Crippen LogP contribution < -0.4 is 0 Å². The summed E-state index contributed by atoms with van der Waals surface area (Å²) < 4.78 is 0. The molecule has 0 aromatic rings. The van der Waals surface area contributed by atoms with E-state index in [9.17, 15) is 15.0 Å². The Morgan fingerprint density at radius 1 is 1.40 bits per heavy atom. The molecule has 1 spiro atoms. The van der Waals surface area contributed by atoms with Crippen LogP contribution in [0.4, 0.5) is 0 Å². The van der Waals surface area contributed by atoms with Crippen LogP contribution in [0, 0.1) is 17.3 Å². The molecule has 0 aromatic carbocycles. The van der Waals surface area contributed by atoms with Crippen molar-refractivity contribution >= 4 is 5.78 Å². The average molecular weight is 277 g/mol. The topological polar surface area (TPSA) is 60.8 Å². The minimum Gasteiger partial charge on any atom is -0.381 e. The molecule has 4 rings (SSSR count). The quantitative estimate of drug-likeness (QED) is 0.650. The summed E-state index contributed by atoms with van der Waals surface area (Å²) in [4.78, 5) is 14.7. The van der Waals surface area contributed by atoms with E-state index in [1.807, 2.05) is 0 Å². The summed E-state index contributed by atoms with van der Waals surface area (Å²) in [5.74, 6) is 0.0794. The monoisotopic (exact) mass is 277 g/mol. The van der Waals surface area contributed by atoms with Gasteiger partial charge in [-0.05, 0) is 43.6 Å². The van der Waals surface area contributed by atoms with E-state index < -0.39 is 17.2 Å². The SMILES string of the molecule is CC1CC2C(=O)C(O)C3=CCCN4CCCC32C4(O)C1. The van der Waals surface area contributed by atoms with Crippen molar-refractivity contribution < 1.29 is 15.0 Å². The molecule has 2 aliphatic carbocycles. The molecular formula is C16H23NO3. The largest absolute Gasteiger partial charge is 0.381 e. The van der Waals surface area contributed by atoms with Gasteiger partial charge in [0.25, 0.3) is 0 Å². The highest BCUT2D eigenvalue weighted by molar-refractivity contribution is 5.94. The number of carbonyl (C=O) groups is 1. The number of Topliss-reactive ketones (excluding diaryl/α,β-unsaturated/α-hetero) is 1. The van der Waals surface area contributed by atoms with Crippen LogP contribution in [0.15, 0.2) is 11.6 Å². The van der Waals surface area contributed by atoms with Crippen LogP contribution in [0.25, 0.3) is 0 Å². The van der Waals surface area contributed by atoms with Crippen molar-refractivity contribution in [2.24, 2.45) is 17.3 Å². The fourth-order valence-electron chi connectivity index (χ4n) is 5.64. The molecule has 0 amide bonds. The Kier molecular flexibility index (Phi) is 2.55. The Hall–Kier alpha value is -0.710. The summed E-state index contributed by atoms with van der Waals surface area (Å²) in [6.07, 6.45) is 5.27. The molecule has 0 aromatic heterocycles. The summed E-state index contributed by atoms with van der Waals surface area (Å²) >= 11 is 0. The van der Waals surface area contributed by atoms with E-state index in [1.165, 1.54) is 0 Å². The summed E-state index contributed by atoms with van der Waals surface area (Å²) in [7, 11) is 0. The van der Waals surface area contributed by atoms with Gasteiger partial charge in [0.05, 0.1) is 0 Å². The molecule has 6 atom stereocenters. The second-order valence-electron chi connectivity index (χ2n) is 7.23. The third kappa shape index (κ3) is 1.26. The van der Waals surface area contributed by atoms with E-state index in [-0.39, 0.29) is 11.7 Å². The van der Waals surface area contributed by atoms with Crippen LogP contribution in [0.2, 0.25) is 0 Å². The van der Waals surface area contributed by atoms with Crippen LogP contribution in [-0.2, 0) is 4.79 Å². The van der Waals surface area contributed by atoms with E-state index in [0.29, 0.717) is 5.92 Å². The standard InChI is InChI=1S/C16H23NO3/c1-10-8-12-14(19)13(18)11-4-2-6-17-7-3-5-15(11,12)16(17,20)9-10/h4,10,12-13,18,20H,2-3,5-9H2,1H3. The van der Waals surface area contributed by atoms with Crippen LogP contribution in [0.5, 0.6) is 0 Å². The zero-order valence-corrected chi connectivity index (χ0v) is 12.0. The van der Waals surface area contributed by atoms with Gasteiger partial charge in [0.15, 0.2) is 5.78 Å². The van der Waals surface area contributed by atoms with Crippen molar-refractivity contribution in [3.8, 4) is 0 Å². The van der Waals surface area contributed by atoms with Crippen LogP contribution in [0.1, 0.15) is 39.0 Å². The minimum atomic E-state index is -0.977. The number of hydrogen-bond acceptors (Lipinski definition) is 4. The van der Waals surface area contributed by atoms with Crippen molar-refractivity contribution in [2.75, 3.05) is 13.1 Å². The van der Waals surface area contributed by atoms with Crippen molar-refractivity contribution in [3.63, 3.8) is 0 Å². The molecular weight excluding hydrogens is 254 g/mol. The zero-order chi connectivity index (χ0) is 14.1. The predicted octanol–water partition coefficient (Wildman–Crippen LogP) is 1.08. The number of piperidine rings is 1. The number of ketones is 1. The second kappa shape index (κ2) is 3.93. The lowest BCUT2D eigenvalue weighted by atomic mass is 9.55. The molecule has 2 heterocycles. The van der Waals surface area contributed by atoms with Crippen molar-refractivity contribution in [2.45, 2.75) is 50.9 Å². The van der Waals surface area contributed by atoms with Gasteiger partial charge in [-0.15, -0.1) is 0 Å². The third-order valence-electron chi connectivity index (χ3n) is 6.29. The first-order valence-corrected chi connectivity index (χ1v) is 7.90. The maximum atomic E-state index is 12.6. The third-order valence-corrected chi connectivity index (χ3v) is 6.29. The summed E-state index contributed by atoms with van der Waals surface area (Å²) in [5, 5.41) is 22.0. The molecule has 3 fully saturated rings. The van der Waals surface area contributed by atoms with E-state index in [0.717, 1.165) is 50.8 Å². The highest BCUT2D eigenvalue weighted by atomic mass is 16.3. The van der Waals surface area contributed by atoms with Gasteiger partial charge in [-0.1, -0.05) is 13.0 Å². The van der Waals surface area contributed by atoms with Gasteiger partial charge in [0.2, 0.25) is 0 Å². The van der Waals surface area contributed by atoms with Gasteiger partial charge in [0, 0.05) is 24.4 Å². The lowest BCUT2D eigenvalue weighted by molar-refractivity contribution is -0.240. The van der Waals surface area contributed by atoms with E-state index in [2.05, 4.69) is 17.9 Å². The van der Waals surface area contributed by atoms with Gasteiger partial charge in [0.1, 0.15) is 11.8 Å². The Balaban J connectivity index is 1.97. The van der Waals surface area contributed by atoms with Crippen molar-refractivity contribution in [1.29, 1.82) is 0 Å². The molecule has 4 aliphatic rings. The fraction of sp³-hybridized carbons (Fsp3) is 0.812. The maximum Gasteiger partial charge on any atom is 0.169 e. The summed E-state index contributed by atoms with van der Waals surface area (Å²) in [5.41, 5.74) is -0.600. The van der Waals surface area contributed by atoms with Gasteiger partial charge < -0.3 is 10.2 Å². The number of hydrogen-bond donors (Lipinski definition) is 2. The Morgan fingerprint density at radius 3 is 3.00 bits per heavy atom. The fourth-order valence-corrected chi connectivity index (χ4v) is 5.64. The molecule has 2 bridgehead atoms. The highest BCUT2D eigenvalue weighted by Crippen LogP contribution is 2.65. The molecule has 20 heavy (non-hydrogen) atoms. The first-order valence-electron chi connectivity index (χ1n) is 7.90. The number of aliphatic hydroxyl groups is 2. The van der Waals surface area contributed by atoms with Crippen molar-refractivity contribution in [3.05, 3.63) is 11.6 Å². The Labute approximate surface area is 119 Å². The van der Waals surface area contributed by atoms with Gasteiger partial charge >= 0.3 is 0 Å². The smallest absolute Gasteiger partial charge is 0.169 e. The van der Waals surface area contributed by atoms with E-state index >= 15 is 0 Å². The lowest BCUT2D eigenvalue weighted by Crippen LogP contribution is -2.67. The molecule has 2 saturated carbocycles. The molecule has 4 nitrogen and oxygen atoms in total. The first kappa shape index (κ1) is 13.0. The van der Waals surface area contributed by atoms with Crippen LogP contribution in [-0.4, -0.2) is 45.8 Å². The highest BCUT2D eigenvalue weighted by Gasteiger charge is 2.70. The van der Waals surface area contributed by atoms with Gasteiger partial charge in [-0.3, -0.25) is 9.69 Å². The normalized spacial score (nSPS) is 54.1. The predicted molar refractivity (Wildman–Crippen MR) is 73.8 cm³/mol. The molecule has 6 unspecified atom stereocenters. The Morgan fingerprint density at radius 2 is 2.20 bits per heavy atom. The Bertz CT molecular complexity index is 502. The summed E-state index contributed by atoms with van der Waals surface area (Å²) in [6, 6.07) is 0. The summed E-state index contributed by atoms with van der Waals surface area (Å²) in [6.45, 7) is 3.86. The van der Waals surface area contributed by atoms with E-state index in [1.54, 1.807) is 0 Å². The molecule has 0 radical (unpaired) electrons. The van der Waals surface area contributed by atoms with E-state index in [4.69, 9.17) is 0 Å². The molecule has 110 valence electrons. The van der Waals surface area contributed by atoms with Crippen molar-refractivity contribution in [1.82, 2.24) is 4.90 Å². The first-order chi connectivity index (χ1) is 9.50. The molecule has 2 aliphatic heterocycles. The number of nitrogens with zero attached hydrogens (tertiary/aromatic N) is 1. The zero-order valence-electron chi connectivity index (χ0n) is 12.0. The second-order valence-corrected chi connectivity index (χ2v) is 7.23. The number of carbonyl (C=O) groups excluding carboxylic acids is 1. The lowest BCUT2D eigenvalue weighted by Gasteiger charge is -2.60. The van der Waals surface area contributed by atoms with Gasteiger partial charge in [-0.2, -0.15) is 0 Å². The molecule has 2 N–H and O–H groups in total. The van der Waals surface area contributed by atoms with Crippen LogP contribution >= 0.6 is 0 Å². The van der Waals surface area contributed by atoms with Gasteiger partial charge in [-0.25, -0.2) is 0 Å². The maximum absolute atomic E-state index is 12.6. The number of aliphatic hydroxyl groups excluding tert-OH is 1. The molecule has 1 saturated heterocycles. The molecule has 4 heteroatoms. The van der Waals surface area contributed by atoms with Crippen LogP contribution in [0.3, 0.4) is 0 Å².